The molecule has 1 heterocycles. The summed E-state index contributed by atoms with van der Waals surface area (Å²) in [5.41, 5.74) is 1.15. The van der Waals surface area contributed by atoms with Crippen LogP contribution in [-0.2, 0) is 20.9 Å². The Morgan fingerprint density at radius 2 is 2.00 bits per heavy atom. The van der Waals surface area contributed by atoms with E-state index >= 15 is 0 Å². The predicted octanol–water partition coefficient (Wildman–Crippen LogP) is 2.10. The number of carbonyl (C=O) groups excluding carboxylic acids is 2. The molecule has 1 aromatic carbocycles. The van der Waals surface area contributed by atoms with Crippen LogP contribution in [0.4, 0.5) is 0 Å². The second kappa shape index (κ2) is 5.78. The van der Waals surface area contributed by atoms with Crippen molar-refractivity contribution in [2.45, 2.75) is 20.5 Å². The molecule has 0 aliphatic rings. The van der Waals surface area contributed by atoms with Gasteiger partial charge >= 0.3 is 11.9 Å². The van der Waals surface area contributed by atoms with Crippen LogP contribution in [0.2, 0.25) is 0 Å². The lowest BCUT2D eigenvalue weighted by Crippen LogP contribution is -2.09. The van der Waals surface area contributed by atoms with E-state index in [0.717, 1.165) is 5.56 Å². The summed E-state index contributed by atoms with van der Waals surface area (Å²) in [7, 11) is 1.20. The Kier molecular flexibility index (Phi) is 4.07. The van der Waals surface area contributed by atoms with Crippen LogP contribution in [0.15, 0.2) is 18.2 Å². The minimum atomic E-state index is -0.751. The quantitative estimate of drug-likeness (QED) is 0.871. The number of ether oxygens (including phenoxy) is 2. The van der Waals surface area contributed by atoms with Gasteiger partial charge in [0.2, 0.25) is 0 Å². The number of rotatable bonds is 3. The largest absolute Gasteiger partial charge is 0.505 e. The van der Waals surface area contributed by atoms with Gasteiger partial charge in [0.25, 0.3) is 0 Å². The van der Waals surface area contributed by atoms with Gasteiger partial charge in [-0.25, -0.2) is 9.78 Å². The zero-order chi connectivity index (χ0) is 15.6. The van der Waals surface area contributed by atoms with Gasteiger partial charge in [0.05, 0.1) is 12.8 Å². The van der Waals surface area contributed by atoms with Crippen molar-refractivity contribution in [1.82, 2.24) is 4.98 Å². The first-order valence-electron chi connectivity index (χ1n) is 6.28. The number of aromatic hydroxyl groups is 1. The van der Waals surface area contributed by atoms with Gasteiger partial charge < -0.3 is 14.6 Å². The molecule has 6 heteroatoms. The van der Waals surface area contributed by atoms with Crippen molar-refractivity contribution in [2.75, 3.05) is 7.11 Å². The molecule has 110 valence electrons. The van der Waals surface area contributed by atoms with E-state index < -0.39 is 11.9 Å². The maximum atomic E-state index is 11.7. The van der Waals surface area contributed by atoms with Crippen LogP contribution in [0.5, 0.6) is 5.75 Å². The minimum absolute atomic E-state index is 0.0838. The number of fused-ring (bicyclic) bond motifs is 1. The number of carbonyl (C=O) groups is 2. The molecule has 1 aromatic heterocycles. The molecule has 0 radical (unpaired) electrons. The zero-order valence-electron chi connectivity index (χ0n) is 12.0. The summed E-state index contributed by atoms with van der Waals surface area (Å²) >= 11 is 0. The monoisotopic (exact) mass is 289 g/mol. The highest BCUT2D eigenvalue weighted by molar-refractivity contribution is 6.00. The Balaban J connectivity index is 2.67. The van der Waals surface area contributed by atoms with Crippen LogP contribution in [0.25, 0.3) is 10.8 Å². The van der Waals surface area contributed by atoms with E-state index in [1.54, 1.807) is 12.1 Å². The molecule has 1 N–H and O–H groups in total. The second-order valence-electron chi connectivity index (χ2n) is 4.58. The fraction of sp³-hybridized carbons (Fsp3) is 0.267. The Morgan fingerprint density at radius 1 is 1.29 bits per heavy atom. The Hall–Kier alpha value is -2.63. The summed E-state index contributed by atoms with van der Waals surface area (Å²) in [4.78, 5) is 26.7. The van der Waals surface area contributed by atoms with Crippen LogP contribution in [0, 0.1) is 6.92 Å². The molecule has 0 amide bonds. The highest BCUT2D eigenvalue weighted by atomic mass is 16.5. The number of esters is 2. The highest BCUT2D eigenvalue weighted by Gasteiger charge is 2.20. The van der Waals surface area contributed by atoms with Gasteiger partial charge in [-0.3, -0.25) is 4.79 Å². The van der Waals surface area contributed by atoms with Crippen molar-refractivity contribution in [1.29, 1.82) is 0 Å². The van der Waals surface area contributed by atoms with E-state index in [0.29, 0.717) is 16.5 Å². The average molecular weight is 289 g/mol. The molecule has 0 bridgehead atoms. The topological polar surface area (TPSA) is 85.7 Å². The Morgan fingerprint density at radius 3 is 2.62 bits per heavy atom. The number of pyridine rings is 1. The third kappa shape index (κ3) is 2.94. The van der Waals surface area contributed by atoms with Crippen molar-refractivity contribution in [3.05, 3.63) is 35.2 Å². The zero-order valence-corrected chi connectivity index (χ0v) is 12.0. The van der Waals surface area contributed by atoms with Crippen LogP contribution in [-0.4, -0.2) is 29.1 Å². The fourth-order valence-electron chi connectivity index (χ4n) is 2.00. The number of hydrogen-bond acceptors (Lipinski definition) is 6. The van der Waals surface area contributed by atoms with Crippen LogP contribution in [0.1, 0.15) is 28.7 Å². The van der Waals surface area contributed by atoms with Gasteiger partial charge in [-0.2, -0.15) is 0 Å². The first kappa shape index (κ1) is 14.8. The molecule has 0 unspecified atom stereocenters. The molecule has 0 aliphatic carbocycles. The molecule has 0 saturated heterocycles. The lowest BCUT2D eigenvalue weighted by molar-refractivity contribution is -0.142. The highest BCUT2D eigenvalue weighted by Crippen LogP contribution is 2.31. The number of methoxy groups -OCH3 is 1. The summed E-state index contributed by atoms with van der Waals surface area (Å²) in [6.45, 7) is 3.09. The van der Waals surface area contributed by atoms with Crippen LogP contribution in [0.3, 0.4) is 0 Å². The van der Waals surface area contributed by atoms with Crippen molar-refractivity contribution in [3.63, 3.8) is 0 Å². The Bertz CT molecular complexity index is 724. The predicted molar refractivity (Wildman–Crippen MR) is 75.0 cm³/mol. The lowest BCUT2D eigenvalue weighted by Gasteiger charge is -2.11. The number of hydrogen-bond donors (Lipinski definition) is 1. The molecule has 0 atom stereocenters. The molecule has 0 aliphatic heterocycles. The summed E-state index contributed by atoms with van der Waals surface area (Å²) in [6, 6.07) is 5.30. The molecule has 0 fully saturated rings. The van der Waals surface area contributed by atoms with Gasteiger partial charge in [-0.05, 0) is 13.0 Å². The maximum Gasteiger partial charge on any atom is 0.360 e. The van der Waals surface area contributed by atoms with Gasteiger partial charge in [0, 0.05) is 17.7 Å². The van der Waals surface area contributed by atoms with Gasteiger partial charge in [-0.1, -0.05) is 17.7 Å². The van der Waals surface area contributed by atoms with E-state index in [2.05, 4.69) is 9.72 Å². The van der Waals surface area contributed by atoms with E-state index in [4.69, 9.17) is 4.74 Å². The molecule has 0 saturated carbocycles. The van der Waals surface area contributed by atoms with Crippen LogP contribution < -0.4 is 0 Å². The van der Waals surface area contributed by atoms with E-state index in [-0.39, 0.29) is 18.1 Å². The van der Waals surface area contributed by atoms with Crippen molar-refractivity contribution in [3.8, 4) is 5.75 Å². The van der Waals surface area contributed by atoms with Crippen molar-refractivity contribution < 1.29 is 24.2 Å². The van der Waals surface area contributed by atoms with E-state index in [9.17, 15) is 14.7 Å². The molecule has 21 heavy (non-hydrogen) atoms. The van der Waals surface area contributed by atoms with Crippen molar-refractivity contribution in [2.24, 2.45) is 0 Å². The number of aromatic nitrogens is 1. The third-order valence-electron chi connectivity index (χ3n) is 3.00. The molecule has 6 nitrogen and oxygen atoms in total. The summed E-state index contributed by atoms with van der Waals surface area (Å²) < 4.78 is 9.55. The standard InChI is InChI=1S/C15H15NO5/c1-8-4-5-10-11(6-8)12(7-21-9(2)17)16-13(14(10)18)15(19)20-3/h4-6,18H,7H2,1-3H3. The van der Waals surface area contributed by atoms with Gasteiger partial charge in [0.15, 0.2) is 11.4 Å². The SMILES string of the molecule is COC(=O)c1nc(COC(C)=O)c2cc(C)ccc2c1O. The minimum Gasteiger partial charge on any atom is -0.505 e. The molecular formula is C15H15NO5. The molecule has 0 spiro atoms. The first-order chi connectivity index (χ1) is 9.93. The van der Waals surface area contributed by atoms with Crippen LogP contribution >= 0.6 is 0 Å². The summed E-state index contributed by atoms with van der Waals surface area (Å²) in [6.07, 6.45) is 0. The Labute approximate surface area is 121 Å². The normalized spacial score (nSPS) is 10.4. The average Bonchev–Trinajstić information content (AvgIpc) is 2.45. The fourth-order valence-corrected chi connectivity index (χ4v) is 2.00. The number of aryl methyl sites for hydroxylation is 1. The lowest BCUT2D eigenvalue weighted by atomic mass is 10.0. The molecule has 2 rings (SSSR count). The summed E-state index contributed by atoms with van der Waals surface area (Å²) in [5.74, 6) is -1.45. The summed E-state index contributed by atoms with van der Waals surface area (Å²) in [5, 5.41) is 11.3. The number of nitrogens with zero attached hydrogens (tertiary/aromatic N) is 1. The van der Waals surface area contributed by atoms with Gasteiger partial charge in [0.1, 0.15) is 6.61 Å². The smallest absolute Gasteiger partial charge is 0.360 e. The first-order valence-corrected chi connectivity index (χ1v) is 6.28. The second-order valence-corrected chi connectivity index (χ2v) is 4.58. The van der Waals surface area contributed by atoms with Gasteiger partial charge in [-0.15, -0.1) is 0 Å². The number of benzene rings is 1. The van der Waals surface area contributed by atoms with Crippen molar-refractivity contribution >= 4 is 22.7 Å². The molecular weight excluding hydrogens is 274 g/mol. The molecule has 2 aromatic rings. The third-order valence-corrected chi connectivity index (χ3v) is 3.00. The van der Waals surface area contributed by atoms with E-state index in [1.807, 2.05) is 13.0 Å². The maximum absolute atomic E-state index is 11.7. The van der Waals surface area contributed by atoms with E-state index in [1.165, 1.54) is 14.0 Å².